The molecule has 0 aliphatic rings. The van der Waals surface area contributed by atoms with Gasteiger partial charge >= 0.3 is 6.18 Å². The van der Waals surface area contributed by atoms with Crippen molar-refractivity contribution in [2.75, 3.05) is 20.8 Å². The molecule has 1 amide bonds. The molecule has 1 aromatic heterocycles. The van der Waals surface area contributed by atoms with Gasteiger partial charge in [0.1, 0.15) is 11.6 Å². The van der Waals surface area contributed by atoms with Crippen LogP contribution in [-0.4, -0.2) is 31.7 Å². The van der Waals surface area contributed by atoms with Gasteiger partial charge in [-0.15, -0.1) is 0 Å². The highest BCUT2D eigenvalue weighted by molar-refractivity contribution is 6.31. The molecule has 2 aromatic rings. The lowest BCUT2D eigenvalue weighted by atomic mass is 9.93. The molecular formula is C17H16ClF3N2O3. The van der Waals surface area contributed by atoms with Crippen LogP contribution in [0.3, 0.4) is 0 Å². The van der Waals surface area contributed by atoms with E-state index in [0.717, 1.165) is 0 Å². The molecule has 0 bridgehead atoms. The average molecular weight is 389 g/mol. The molecule has 0 saturated carbocycles. The van der Waals surface area contributed by atoms with E-state index >= 15 is 0 Å². The number of alkyl halides is 3. The van der Waals surface area contributed by atoms with Crippen molar-refractivity contribution in [1.29, 1.82) is 0 Å². The fraction of sp³-hybridized carbons (Fsp3) is 0.294. The first kappa shape index (κ1) is 20.0. The molecule has 0 spiro atoms. The number of rotatable bonds is 6. The van der Waals surface area contributed by atoms with Crippen LogP contribution < -0.4 is 10.1 Å². The summed E-state index contributed by atoms with van der Waals surface area (Å²) in [6.45, 7) is -0.342. The summed E-state index contributed by atoms with van der Waals surface area (Å²) in [4.78, 5) is 16.0. The highest BCUT2D eigenvalue weighted by Gasteiger charge is 2.41. The van der Waals surface area contributed by atoms with Crippen molar-refractivity contribution in [2.24, 2.45) is 0 Å². The minimum Gasteiger partial charge on any atom is -0.473 e. The normalized spacial score (nSPS) is 13.8. The maximum absolute atomic E-state index is 12.7. The van der Waals surface area contributed by atoms with Crippen LogP contribution in [0.4, 0.5) is 13.2 Å². The number of nitrogens with zero attached hydrogens (tertiary/aromatic N) is 1. The van der Waals surface area contributed by atoms with Crippen molar-refractivity contribution in [3.63, 3.8) is 0 Å². The summed E-state index contributed by atoms with van der Waals surface area (Å²) < 4.78 is 48.9. The van der Waals surface area contributed by atoms with Crippen LogP contribution in [-0.2, 0) is 21.3 Å². The van der Waals surface area contributed by atoms with E-state index in [-0.39, 0.29) is 17.5 Å². The number of hydrogen-bond donors (Lipinski definition) is 1. The molecule has 0 fully saturated rings. The summed E-state index contributed by atoms with van der Waals surface area (Å²) >= 11 is 5.84. The molecule has 140 valence electrons. The van der Waals surface area contributed by atoms with Gasteiger partial charge in [-0.05, 0) is 11.6 Å². The zero-order chi connectivity index (χ0) is 19.4. The summed E-state index contributed by atoms with van der Waals surface area (Å²) in [5, 5.41) is 2.16. The SMILES string of the molecule is CNC(=O)C(COc1ncc(C(F)(F)F)cc1Cl)(OC)c1ccccc1. The predicted molar refractivity (Wildman–Crippen MR) is 88.9 cm³/mol. The fourth-order valence-electron chi connectivity index (χ4n) is 2.32. The Bertz CT molecular complexity index is 772. The Morgan fingerprint density at radius 3 is 2.38 bits per heavy atom. The van der Waals surface area contributed by atoms with Crippen LogP contribution >= 0.6 is 11.6 Å². The topological polar surface area (TPSA) is 60.5 Å². The van der Waals surface area contributed by atoms with Gasteiger partial charge in [0, 0.05) is 20.4 Å². The van der Waals surface area contributed by atoms with E-state index in [1.54, 1.807) is 30.3 Å². The van der Waals surface area contributed by atoms with Crippen molar-refractivity contribution in [1.82, 2.24) is 10.3 Å². The third kappa shape index (κ3) is 4.08. The minimum atomic E-state index is -4.57. The zero-order valence-electron chi connectivity index (χ0n) is 13.9. The van der Waals surface area contributed by atoms with Gasteiger partial charge in [-0.3, -0.25) is 4.79 Å². The number of benzene rings is 1. The standard InChI is InChI=1S/C17H16ClF3N2O3/c1-22-15(24)16(25-2,11-6-4-3-5-7-11)10-26-14-13(18)8-12(9-23-14)17(19,20)21/h3-9H,10H2,1-2H3,(H,22,24). The summed E-state index contributed by atoms with van der Waals surface area (Å²) in [6, 6.07) is 9.25. The molecule has 1 aromatic carbocycles. The molecule has 1 atom stereocenters. The maximum Gasteiger partial charge on any atom is 0.417 e. The number of methoxy groups -OCH3 is 1. The molecular weight excluding hydrogens is 373 g/mol. The van der Waals surface area contributed by atoms with Gasteiger partial charge in [0.2, 0.25) is 11.5 Å². The Labute approximate surface area is 153 Å². The number of likely N-dealkylation sites (N-methyl/N-ethyl adjacent to an activating group) is 1. The van der Waals surface area contributed by atoms with E-state index in [1.807, 2.05) is 0 Å². The second kappa shape index (κ2) is 7.92. The maximum atomic E-state index is 12.7. The van der Waals surface area contributed by atoms with Gasteiger partial charge in [-0.25, -0.2) is 4.98 Å². The summed E-state index contributed by atoms with van der Waals surface area (Å²) in [7, 11) is 2.76. The number of hydrogen-bond acceptors (Lipinski definition) is 4. The number of aromatic nitrogens is 1. The molecule has 0 radical (unpaired) electrons. The largest absolute Gasteiger partial charge is 0.473 e. The summed E-state index contributed by atoms with van der Waals surface area (Å²) in [6.07, 6.45) is -3.96. The number of carbonyl (C=O) groups is 1. The second-order valence-corrected chi connectivity index (χ2v) is 5.68. The number of nitrogens with one attached hydrogen (secondary N) is 1. The number of halogens is 4. The molecule has 1 unspecified atom stereocenters. The van der Waals surface area contributed by atoms with Gasteiger partial charge in [0.05, 0.1) is 5.56 Å². The lowest BCUT2D eigenvalue weighted by molar-refractivity contribution is -0.148. The first-order chi connectivity index (χ1) is 12.2. The van der Waals surface area contributed by atoms with Crippen molar-refractivity contribution in [3.05, 3.63) is 58.7 Å². The van der Waals surface area contributed by atoms with Gasteiger partial charge in [-0.1, -0.05) is 41.9 Å². The monoisotopic (exact) mass is 388 g/mol. The Hall–Kier alpha value is -2.32. The quantitative estimate of drug-likeness (QED) is 0.823. The molecule has 0 saturated heterocycles. The van der Waals surface area contributed by atoms with Crippen LogP contribution in [0, 0.1) is 0 Å². The van der Waals surface area contributed by atoms with E-state index in [4.69, 9.17) is 21.1 Å². The molecule has 1 heterocycles. The summed E-state index contributed by atoms with van der Waals surface area (Å²) in [5.74, 6) is -0.727. The molecule has 2 rings (SSSR count). The number of ether oxygens (including phenoxy) is 2. The van der Waals surface area contributed by atoms with Gasteiger partial charge in [0.15, 0.2) is 0 Å². The van der Waals surface area contributed by atoms with Crippen molar-refractivity contribution < 1.29 is 27.4 Å². The van der Waals surface area contributed by atoms with Gasteiger partial charge in [-0.2, -0.15) is 13.2 Å². The van der Waals surface area contributed by atoms with E-state index in [0.29, 0.717) is 17.8 Å². The minimum absolute atomic E-state index is 0.235. The zero-order valence-corrected chi connectivity index (χ0v) is 14.7. The Morgan fingerprint density at radius 1 is 1.23 bits per heavy atom. The smallest absolute Gasteiger partial charge is 0.417 e. The molecule has 1 N–H and O–H groups in total. The predicted octanol–water partition coefficient (Wildman–Crippen LogP) is 3.42. The molecule has 5 nitrogen and oxygen atoms in total. The lowest BCUT2D eigenvalue weighted by Gasteiger charge is -2.30. The lowest BCUT2D eigenvalue weighted by Crippen LogP contribution is -2.49. The Kier molecular flexibility index (Phi) is 6.09. The molecule has 26 heavy (non-hydrogen) atoms. The van der Waals surface area contributed by atoms with E-state index in [2.05, 4.69) is 10.3 Å². The Morgan fingerprint density at radius 2 is 1.88 bits per heavy atom. The molecule has 0 aliphatic carbocycles. The van der Waals surface area contributed by atoms with Crippen LogP contribution in [0.5, 0.6) is 5.88 Å². The summed E-state index contributed by atoms with van der Waals surface area (Å²) in [5.41, 5.74) is -2.02. The molecule has 9 heteroatoms. The van der Waals surface area contributed by atoms with E-state index in [1.165, 1.54) is 14.2 Å². The first-order valence-electron chi connectivity index (χ1n) is 7.43. The van der Waals surface area contributed by atoms with Crippen molar-refractivity contribution in [3.8, 4) is 5.88 Å². The second-order valence-electron chi connectivity index (χ2n) is 5.27. The number of amides is 1. The van der Waals surface area contributed by atoms with Crippen molar-refractivity contribution in [2.45, 2.75) is 11.8 Å². The fourth-order valence-corrected chi connectivity index (χ4v) is 2.54. The van der Waals surface area contributed by atoms with Crippen LogP contribution in [0.1, 0.15) is 11.1 Å². The van der Waals surface area contributed by atoms with Gasteiger partial charge in [0.25, 0.3) is 5.91 Å². The average Bonchev–Trinajstić information content (AvgIpc) is 2.63. The molecule has 0 aliphatic heterocycles. The third-order valence-electron chi connectivity index (χ3n) is 3.73. The van der Waals surface area contributed by atoms with Gasteiger partial charge < -0.3 is 14.8 Å². The highest BCUT2D eigenvalue weighted by atomic mass is 35.5. The van der Waals surface area contributed by atoms with Crippen LogP contribution in [0.15, 0.2) is 42.6 Å². The van der Waals surface area contributed by atoms with Crippen molar-refractivity contribution >= 4 is 17.5 Å². The number of pyridine rings is 1. The Balaban J connectivity index is 2.32. The number of carbonyl (C=O) groups excluding carboxylic acids is 1. The van der Waals surface area contributed by atoms with Crippen LogP contribution in [0.2, 0.25) is 5.02 Å². The van der Waals surface area contributed by atoms with Crippen LogP contribution in [0.25, 0.3) is 0 Å². The van der Waals surface area contributed by atoms with E-state index < -0.39 is 23.2 Å². The highest BCUT2D eigenvalue weighted by Crippen LogP contribution is 2.34. The first-order valence-corrected chi connectivity index (χ1v) is 7.81. The third-order valence-corrected chi connectivity index (χ3v) is 4.00. The van der Waals surface area contributed by atoms with E-state index in [9.17, 15) is 18.0 Å².